The second-order valence-electron chi connectivity index (χ2n) is 4.68. The molecule has 22 heavy (non-hydrogen) atoms. The lowest BCUT2D eigenvalue weighted by Gasteiger charge is -2.06. The van der Waals surface area contributed by atoms with Crippen LogP contribution in [0.3, 0.4) is 0 Å². The van der Waals surface area contributed by atoms with Gasteiger partial charge in [0.15, 0.2) is 0 Å². The van der Waals surface area contributed by atoms with Gasteiger partial charge in [0.25, 0.3) is 5.69 Å². The molecule has 0 amide bonds. The zero-order valence-corrected chi connectivity index (χ0v) is 12.7. The number of hydrogen-bond acceptors (Lipinski definition) is 3. The molecule has 0 heterocycles. The molecular weight excluding hydrogens is 300 g/mol. The third-order valence-corrected chi connectivity index (χ3v) is 3.47. The molecule has 0 fully saturated rings. The monoisotopic (exact) mass is 314 g/mol. The average molecular weight is 315 g/mol. The number of nitrogens with zero attached hydrogens (tertiary/aromatic N) is 2. The Kier molecular flexibility index (Phi) is 5.44. The Morgan fingerprint density at radius 2 is 1.91 bits per heavy atom. The van der Waals surface area contributed by atoms with Crippen LogP contribution in [0.2, 0.25) is 0 Å². The van der Waals surface area contributed by atoms with Crippen LogP contribution in [0, 0.1) is 10.1 Å². The summed E-state index contributed by atoms with van der Waals surface area (Å²) in [5, 5.41) is 11.0. The van der Waals surface area contributed by atoms with E-state index in [0.717, 1.165) is 23.1 Å². The fourth-order valence-corrected chi connectivity index (χ4v) is 2.27. The second kappa shape index (κ2) is 7.52. The number of halogens is 1. The van der Waals surface area contributed by atoms with Crippen molar-refractivity contribution in [3.05, 3.63) is 88.0 Å². The topological polar surface area (TPSA) is 55.5 Å². The lowest BCUT2D eigenvalue weighted by molar-refractivity contribution is -0.384. The first-order valence-corrected chi connectivity index (χ1v) is 7.12. The lowest BCUT2D eigenvalue weighted by atomic mass is 10.1. The summed E-state index contributed by atoms with van der Waals surface area (Å²) in [5.74, 6) is 0. The van der Waals surface area contributed by atoms with Crippen LogP contribution in [0.5, 0.6) is 0 Å². The molecule has 2 rings (SSSR count). The first kappa shape index (κ1) is 15.9. The Bertz CT molecular complexity index is 709. The maximum atomic E-state index is 10.6. The summed E-state index contributed by atoms with van der Waals surface area (Å²) < 4.78 is 0. The van der Waals surface area contributed by atoms with Crippen molar-refractivity contribution in [1.82, 2.24) is 0 Å². The van der Waals surface area contributed by atoms with Crippen molar-refractivity contribution < 1.29 is 4.92 Å². The second-order valence-corrected chi connectivity index (χ2v) is 5.04. The van der Waals surface area contributed by atoms with Gasteiger partial charge in [-0.3, -0.25) is 15.1 Å². The third-order valence-electron chi connectivity index (χ3n) is 3.15. The van der Waals surface area contributed by atoms with Crippen LogP contribution < -0.4 is 0 Å². The average Bonchev–Trinajstić information content (AvgIpc) is 2.54. The first-order valence-electron chi connectivity index (χ1n) is 6.74. The van der Waals surface area contributed by atoms with E-state index in [1.165, 1.54) is 12.1 Å². The van der Waals surface area contributed by atoms with E-state index < -0.39 is 4.92 Å². The van der Waals surface area contributed by atoms with Gasteiger partial charge < -0.3 is 0 Å². The summed E-state index contributed by atoms with van der Waals surface area (Å²) in [7, 11) is 0. The third kappa shape index (κ3) is 4.02. The zero-order valence-electron chi connectivity index (χ0n) is 11.9. The molecule has 0 atom stereocenters. The standard InChI is InChI=1S/C17H15ClN2O2/c1-2-5-14-6-3-4-7-16(14)17(18)19-12-13-8-10-15(11-9-13)20(21)22/h2-4,6-11H,1,5,12H2. The summed E-state index contributed by atoms with van der Waals surface area (Å²) in [4.78, 5) is 14.5. The molecule has 0 aliphatic heterocycles. The molecule has 0 aliphatic carbocycles. The van der Waals surface area contributed by atoms with E-state index in [-0.39, 0.29) is 5.69 Å². The van der Waals surface area contributed by atoms with Gasteiger partial charge >= 0.3 is 0 Å². The van der Waals surface area contributed by atoms with Gasteiger partial charge in [0.1, 0.15) is 5.17 Å². The minimum Gasteiger partial charge on any atom is -0.268 e. The molecule has 0 saturated carbocycles. The van der Waals surface area contributed by atoms with Crippen molar-refractivity contribution in [3.8, 4) is 0 Å². The highest BCUT2D eigenvalue weighted by molar-refractivity contribution is 6.69. The molecule has 0 unspecified atom stereocenters. The van der Waals surface area contributed by atoms with Gasteiger partial charge in [0, 0.05) is 17.7 Å². The van der Waals surface area contributed by atoms with Crippen LogP contribution in [-0.4, -0.2) is 10.1 Å². The van der Waals surface area contributed by atoms with Crippen molar-refractivity contribution in [2.45, 2.75) is 13.0 Å². The maximum absolute atomic E-state index is 10.6. The highest BCUT2D eigenvalue weighted by Crippen LogP contribution is 2.16. The predicted molar refractivity (Wildman–Crippen MR) is 89.5 cm³/mol. The Balaban J connectivity index is 2.16. The van der Waals surface area contributed by atoms with Crippen molar-refractivity contribution in [1.29, 1.82) is 0 Å². The molecule has 0 N–H and O–H groups in total. The quantitative estimate of drug-likeness (QED) is 0.341. The van der Waals surface area contributed by atoms with Crippen molar-refractivity contribution >= 4 is 22.5 Å². The molecule has 0 spiro atoms. The number of nitro benzene ring substituents is 1. The van der Waals surface area contributed by atoms with Crippen molar-refractivity contribution in [3.63, 3.8) is 0 Å². The van der Waals surface area contributed by atoms with E-state index in [9.17, 15) is 10.1 Å². The summed E-state index contributed by atoms with van der Waals surface area (Å²) >= 11 is 6.29. The molecule has 112 valence electrons. The van der Waals surface area contributed by atoms with Crippen molar-refractivity contribution in [2.24, 2.45) is 4.99 Å². The fraction of sp³-hybridized carbons (Fsp3) is 0.118. The van der Waals surface area contributed by atoms with Crippen LogP contribution in [0.1, 0.15) is 16.7 Å². The minimum atomic E-state index is -0.425. The Hall–Kier alpha value is -2.46. The van der Waals surface area contributed by atoms with E-state index in [0.29, 0.717) is 11.7 Å². The van der Waals surface area contributed by atoms with Gasteiger partial charge in [0.05, 0.1) is 11.5 Å². The molecular formula is C17H15ClN2O2. The highest BCUT2D eigenvalue weighted by Gasteiger charge is 2.06. The van der Waals surface area contributed by atoms with Crippen LogP contribution in [0.25, 0.3) is 0 Å². The fourth-order valence-electron chi connectivity index (χ4n) is 2.02. The largest absolute Gasteiger partial charge is 0.269 e. The molecule has 4 nitrogen and oxygen atoms in total. The summed E-state index contributed by atoms with van der Waals surface area (Å²) in [6, 6.07) is 14.0. The molecule has 0 aliphatic rings. The van der Waals surface area contributed by atoms with E-state index >= 15 is 0 Å². The SMILES string of the molecule is C=CCc1ccccc1C(Cl)=NCc1ccc([N+](=O)[O-])cc1. The minimum absolute atomic E-state index is 0.0650. The van der Waals surface area contributed by atoms with Gasteiger partial charge in [-0.2, -0.15) is 0 Å². The smallest absolute Gasteiger partial charge is 0.268 e. The van der Waals surface area contributed by atoms with Crippen LogP contribution >= 0.6 is 11.6 Å². The highest BCUT2D eigenvalue weighted by atomic mass is 35.5. The van der Waals surface area contributed by atoms with E-state index in [2.05, 4.69) is 11.6 Å². The van der Waals surface area contributed by atoms with Gasteiger partial charge in [-0.1, -0.05) is 54.1 Å². The molecule has 0 radical (unpaired) electrons. The van der Waals surface area contributed by atoms with E-state index in [1.54, 1.807) is 12.1 Å². The normalized spacial score (nSPS) is 11.2. The number of benzene rings is 2. The molecule has 2 aromatic carbocycles. The number of rotatable bonds is 6. The van der Waals surface area contributed by atoms with Crippen LogP contribution in [0.15, 0.2) is 66.2 Å². The van der Waals surface area contributed by atoms with Gasteiger partial charge in [-0.15, -0.1) is 6.58 Å². The lowest BCUT2D eigenvalue weighted by Crippen LogP contribution is -1.98. The number of allylic oxidation sites excluding steroid dienone is 1. The van der Waals surface area contributed by atoms with Crippen LogP contribution in [-0.2, 0) is 13.0 Å². The predicted octanol–water partition coefficient (Wildman–Crippen LogP) is 4.51. The number of non-ortho nitro benzene ring substituents is 1. The molecule has 0 saturated heterocycles. The molecule has 0 aromatic heterocycles. The molecule has 5 heteroatoms. The van der Waals surface area contributed by atoms with E-state index in [1.807, 2.05) is 30.3 Å². The zero-order chi connectivity index (χ0) is 15.9. The maximum Gasteiger partial charge on any atom is 0.269 e. The van der Waals surface area contributed by atoms with E-state index in [4.69, 9.17) is 11.6 Å². The molecule has 0 bridgehead atoms. The summed E-state index contributed by atoms with van der Waals surface area (Å²) in [6.07, 6.45) is 2.54. The van der Waals surface area contributed by atoms with Crippen LogP contribution in [0.4, 0.5) is 5.69 Å². The number of hydrogen-bond donors (Lipinski definition) is 0. The summed E-state index contributed by atoms with van der Waals surface area (Å²) in [6.45, 7) is 4.11. The van der Waals surface area contributed by atoms with Gasteiger partial charge in [0.2, 0.25) is 0 Å². The van der Waals surface area contributed by atoms with Gasteiger partial charge in [-0.25, -0.2) is 0 Å². The van der Waals surface area contributed by atoms with Gasteiger partial charge in [-0.05, 0) is 17.5 Å². The number of nitro groups is 1. The Labute approximate surface area is 133 Å². The van der Waals surface area contributed by atoms with Crippen molar-refractivity contribution in [2.75, 3.05) is 0 Å². The number of aliphatic imine (C=N–C) groups is 1. The summed E-state index contributed by atoms with van der Waals surface area (Å²) in [5.41, 5.74) is 2.88. The Morgan fingerprint density at radius 1 is 1.23 bits per heavy atom. The first-order chi connectivity index (χ1) is 10.6. The Morgan fingerprint density at radius 3 is 2.55 bits per heavy atom. The molecule has 2 aromatic rings.